The highest BCUT2D eigenvalue weighted by Gasteiger charge is 2.22. The number of carbonyl (C=O) groups excluding carboxylic acids is 1. The van der Waals surface area contributed by atoms with Crippen LogP contribution in [0.3, 0.4) is 0 Å². The number of benzene rings is 1. The summed E-state index contributed by atoms with van der Waals surface area (Å²) in [7, 11) is 0. The molecule has 0 unspecified atom stereocenters. The molecule has 0 fully saturated rings. The average Bonchev–Trinajstić information content (AvgIpc) is 2.39. The van der Waals surface area contributed by atoms with Crippen molar-refractivity contribution in [2.24, 2.45) is 0 Å². The lowest BCUT2D eigenvalue weighted by atomic mass is 9.88. The van der Waals surface area contributed by atoms with Crippen LogP contribution in [0.15, 0.2) is 36.5 Å². The summed E-state index contributed by atoms with van der Waals surface area (Å²) in [5, 5.41) is 0. The number of hydrogen-bond donors (Lipinski definition) is 0. The van der Waals surface area contributed by atoms with Gasteiger partial charge in [-0.3, -0.25) is 9.78 Å². The molecule has 0 amide bonds. The molecule has 2 nitrogen and oxygen atoms in total. The molecule has 1 heterocycles. The van der Waals surface area contributed by atoms with Crippen LogP contribution in [-0.4, -0.2) is 10.8 Å². The summed E-state index contributed by atoms with van der Waals surface area (Å²) in [5.74, 6) is 0.236. The van der Waals surface area contributed by atoms with Crippen LogP contribution in [0.25, 0.3) is 11.1 Å². The van der Waals surface area contributed by atoms with E-state index in [1.165, 1.54) is 5.56 Å². The van der Waals surface area contributed by atoms with Crippen LogP contribution in [0.2, 0.25) is 0 Å². The number of fused-ring (bicyclic) bond motifs is 1. The highest BCUT2D eigenvalue weighted by atomic mass is 16.1. The Labute approximate surface area is 107 Å². The van der Waals surface area contributed by atoms with Gasteiger partial charge < -0.3 is 0 Å². The van der Waals surface area contributed by atoms with Crippen molar-refractivity contribution < 1.29 is 4.79 Å². The molecule has 3 rings (SSSR count). The minimum atomic E-state index is 0.236. The molecule has 1 aliphatic rings. The zero-order chi connectivity index (χ0) is 12.5. The molecule has 0 aliphatic heterocycles. The Bertz CT molecular complexity index is 599. The number of nitrogens with zero attached hydrogens (tertiary/aromatic N) is 1. The molecule has 0 saturated heterocycles. The quantitative estimate of drug-likeness (QED) is 0.758. The molecular weight excluding hydrogens is 222 g/mol. The van der Waals surface area contributed by atoms with Crippen molar-refractivity contribution in [1.82, 2.24) is 4.98 Å². The predicted octanol–water partition coefficient (Wildman–Crippen LogP) is 3.58. The van der Waals surface area contributed by atoms with Crippen molar-refractivity contribution >= 4 is 5.78 Å². The van der Waals surface area contributed by atoms with Crippen molar-refractivity contribution in [3.05, 3.63) is 53.3 Å². The molecule has 1 aromatic carbocycles. The first-order valence-corrected chi connectivity index (χ1v) is 6.34. The second-order valence-corrected chi connectivity index (χ2v) is 4.82. The lowest BCUT2D eigenvalue weighted by molar-refractivity contribution is 0.0972. The summed E-state index contributed by atoms with van der Waals surface area (Å²) in [6, 6.07) is 10.3. The maximum Gasteiger partial charge on any atom is 0.165 e. The maximum absolute atomic E-state index is 12.1. The Kier molecular flexibility index (Phi) is 2.71. The van der Waals surface area contributed by atoms with Gasteiger partial charge in [0.05, 0.1) is 5.69 Å². The molecule has 0 atom stereocenters. The Hall–Kier alpha value is -1.96. The first-order valence-electron chi connectivity index (χ1n) is 6.34. The first kappa shape index (κ1) is 11.1. The SMILES string of the molecule is Cc1ccc(-c2ccnc3c2C(=O)CCC3)cc1. The Morgan fingerprint density at radius 3 is 2.61 bits per heavy atom. The molecule has 18 heavy (non-hydrogen) atoms. The second-order valence-electron chi connectivity index (χ2n) is 4.82. The summed E-state index contributed by atoms with van der Waals surface area (Å²) in [4.78, 5) is 16.5. The lowest BCUT2D eigenvalue weighted by Crippen LogP contribution is -2.13. The Balaban J connectivity index is 2.18. The minimum absolute atomic E-state index is 0.236. The number of pyridine rings is 1. The second kappa shape index (κ2) is 4.37. The van der Waals surface area contributed by atoms with E-state index in [-0.39, 0.29) is 5.78 Å². The minimum Gasteiger partial charge on any atom is -0.294 e. The number of Topliss-reactive ketones (excluding diaryl/α,β-unsaturated/α-hetero) is 1. The summed E-state index contributed by atoms with van der Waals surface area (Å²) < 4.78 is 0. The summed E-state index contributed by atoms with van der Waals surface area (Å²) in [5.41, 5.74) is 5.17. The third kappa shape index (κ3) is 1.84. The molecule has 0 spiro atoms. The van der Waals surface area contributed by atoms with Crippen LogP contribution in [0, 0.1) is 6.92 Å². The van der Waals surface area contributed by atoms with E-state index in [1.807, 2.05) is 12.3 Å². The third-order valence-corrected chi connectivity index (χ3v) is 3.49. The van der Waals surface area contributed by atoms with Crippen molar-refractivity contribution in [3.63, 3.8) is 0 Å². The van der Waals surface area contributed by atoms with Crippen LogP contribution < -0.4 is 0 Å². The summed E-state index contributed by atoms with van der Waals surface area (Å²) >= 11 is 0. The van der Waals surface area contributed by atoms with Crippen LogP contribution in [-0.2, 0) is 6.42 Å². The smallest absolute Gasteiger partial charge is 0.165 e. The van der Waals surface area contributed by atoms with Crippen LogP contribution in [0.5, 0.6) is 0 Å². The molecule has 0 N–H and O–H groups in total. The van der Waals surface area contributed by atoms with E-state index in [0.29, 0.717) is 6.42 Å². The predicted molar refractivity (Wildman–Crippen MR) is 71.7 cm³/mol. The zero-order valence-corrected chi connectivity index (χ0v) is 10.4. The van der Waals surface area contributed by atoms with Crippen LogP contribution >= 0.6 is 0 Å². The number of rotatable bonds is 1. The van der Waals surface area contributed by atoms with E-state index >= 15 is 0 Å². The van der Waals surface area contributed by atoms with E-state index in [4.69, 9.17) is 0 Å². The van der Waals surface area contributed by atoms with Gasteiger partial charge in [0.15, 0.2) is 5.78 Å². The standard InChI is InChI=1S/C16H15NO/c1-11-5-7-12(8-6-11)13-9-10-17-14-3-2-4-15(18)16(13)14/h5-10H,2-4H2,1H3. The van der Waals surface area contributed by atoms with Gasteiger partial charge in [-0.1, -0.05) is 29.8 Å². The molecule has 0 saturated carbocycles. The molecule has 0 bridgehead atoms. The van der Waals surface area contributed by atoms with E-state index < -0.39 is 0 Å². The highest BCUT2D eigenvalue weighted by molar-refractivity contribution is 6.04. The Morgan fingerprint density at radius 2 is 1.83 bits per heavy atom. The normalized spacial score (nSPS) is 14.4. The van der Waals surface area contributed by atoms with Gasteiger partial charge in [-0.2, -0.15) is 0 Å². The van der Waals surface area contributed by atoms with Gasteiger partial charge in [0.25, 0.3) is 0 Å². The van der Waals surface area contributed by atoms with Crippen LogP contribution in [0.4, 0.5) is 0 Å². The summed E-state index contributed by atoms with van der Waals surface area (Å²) in [6.07, 6.45) is 4.31. The topological polar surface area (TPSA) is 30.0 Å². The molecule has 1 aliphatic carbocycles. The van der Waals surface area contributed by atoms with E-state index in [0.717, 1.165) is 35.2 Å². The molecule has 90 valence electrons. The van der Waals surface area contributed by atoms with Crippen molar-refractivity contribution in [1.29, 1.82) is 0 Å². The van der Waals surface area contributed by atoms with Crippen LogP contribution in [0.1, 0.15) is 34.5 Å². The number of hydrogen-bond acceptors (Lipinski definition) is 2. The van der Waals surface area contributed by atoms with Gasteiger partial charge in [0, 0.05) is 18.2 Å². The third-order valence-electron chi connectivity index (χ3n) is 3.49. The van der Waals surface area contributed by atoms with Gasteiger partial charge in [-0.25, -0.2) is 0 Å². The molecule has 1 aromatic heterocycles. The number of carbonyl (C=O) groups is 1. The first-order chi connectivity index (χ1) is 8.75. The molecule has 2 heteroatoms. The molecular formula is C16H15NO. The van der Waals surface area contributed by atoms with E-state index in [2.05, 4.69) is 36.2 Å². The fraction of sp³-hybridized carbons (Fsp3) is 0.250. The lowest BCUT2D eigenvalue weighted by Gasteiger charge is -2.17. The van der Waals surface area contributed by atoms with Gasteiger partial charge in [-0.15, -0.1) is 0 Å². The fourth-order valence-electron chi connectivity index (χ4n) is 2.52. The van der Waals surface area contributed by atoms with Gasteiger partial charge in [-0.05, 0) is 37.0 Å². The number of aryl methyl sites for hydroxylation is 2. The molecule has 2 aromatic rings. The fourth-order valence-corrected chi connectivity index (χ4v) is 2.52. The summed E-state index contributed by atoms with van der Waals surface area (Å²) in [6.45, 7) is 2.07. The van der Waals surface area contributed by atoms with Gasteiger partial charge >= 0.3 is 0 Å². The Morgan fingerprint density at radius 1 is 1.06 bits per heavy atom. The average molecular weight is 237 g/mol. The van der Waals surface area contributed by atoms with E-state index in [9.17, 15) is 4.79 Å². The monoisotopic (exact) mass is 237 g/mol. The zero-order valence-electron chi connectivity index (χ0n) is 10.4. The van der Waals surface area contributed by atoms with Crippen molar-refractivity contribution in [2.45, 2.75) is 26.2 Å². The maximum atomic E-state index is 12.1. The van der Waals surface area contributed by atoms with Gasteiger partial charge in [0.2, 0.25) is 0 Å². The van der Waals surface area contributed by atoms with Gasteiger partial charge in [0.1, 0.15) is 0 Å². The highest BCUT2D eigenvalue weighted by Crippen LogP contribution is 2.30. The molecule has 0 radical (unpaired) electrons. The largest absolute Gasteiger partial charge is 0.294 e. The van der Waals surface area contributed by atoms with Crippen molar-refractivity contribution in [2.75, 3.05) is 0 Å². The van der Waals surface area contributed by atoms with Crippen molar-refractivity contribution in [3.8, 4) is 11.1 Å². The number of ketones is 1. The van der Waals surface area contributed by atoms with E-state index in [1.54, 1.807) is 0 Å². The number of aromatic nitrogens is 1.